The lowest BCUT2D eigenvalue weighted by atomic mass is 9.84. The van der Waals surface area contributed by atoms with E-state index in [0.29, 0.717) is 69.9 Å². The third kappa shape index (κ3) is 16.0. The summed E-state index contributed by atoms with van der Waals surface area (Å²) in [5, 5.41) is 15.0. The van der Waals surface area contributed by atoms with Gasteiger partial charge in [-0.1, -0.05) is 60.7 Å². The minimum atomic E-state index is -1.16. The largest absolute Gasteiger partial charge is 0.465 e. The molecule has 2 atom stereocenters. The molecule has 0 saturated carbocycles. The normalized spacial score (nSPS) is 17.9. The molecule has 2 aromatic carbocycles. The van der Waals surface area contributed by atoms with Gasteiger partial charge in [0.25, 0.3) is 0 Å². The number of amides is 5. The van der Waals surface area contributed by atoms with Crippen molar-refractivity contribution in [3.8, 4) is 0 Å². The van der Waals surface area contributed by atoms with Gasteiger partial charge < -0.3 is 39.9 Å². The molecule has 3 saturated heterocycles. The number of carbonyl (C=O) groups excluding carboxylic acids is 5. The fourth-order valence-electron chi connectivity index (χ4n) is 8.67. The second-order valence-corrected chi connectivity index (χ2v) is 18.1. The third-order valence-corrected chi connectivity index (χ3v) is 12.3. The Balaban J connectivity index is 1.16. The van der Waals surface area contributed by atoms with Crippen molar-refractivity contribution < 1.29 is 43.3 Å². The number of likely N-dealkylation sites (tertiary alicyclic amines) is 3. The molecule has 1 unspecified atom stereocenters. The van der Waals surface area contributed by atoms with Crippen LogP contribution in [0.2, 0.25) is 0 Å². The molecule has 0 aliphatic carbocycles. The van der Waals surface area contributed by atoms with E-state index in [4.69, 9.17) is 9.47 Å². The van der Waals surface area contributed by atoms with E-state index < -0.39 is 29.6 Å². The third-order valence-electron chi connectivity index (χ3n) is 12.3. The number of benzene rings is 2. The first kappa shape index (κ1) is 46.9. The second-order valence-electron chi connectivity index (χ2n) is 18.1. The number of carbonyl (C=O) groups is 6. The van der Waals surface area contributed by atoms with Crippen LogP contribution < -0.4 is 10.6 Å². The van der Waals surface area contributed by atoms with E-state index in [2.05, 4.69) is 22.8 Å². The molecule has 3 aliphatic heterocycles. The summed E-state index contributed by atoms with van der Waals surface area (Å²) in [6.45, 7) is 8.36. The van der Waals surface area contributed by atoms with Crippen LogP contribution in [0.15, 0.2) is 60.7 Å². The van der Waals surface area contributed by atoms with Crippen LogP contribution in [0.1, 0.15) is 103 Å². The lowest BCUT2D eigenvalue weighted by Gasteiger charge is -2.34. The van der Waals surface area contributed by atoms with Crippen molar-refractivity contribution in [1.29, 1.82) is 0 Å². The molecule has 0 spiro atoms. The maximum Gasteiger partial charge on any atom is 0.410 e. The summed E-state index contributed by atoms with van der Waals surface area (Å²) in [6.07, 6.45) is 6.79. The Morgan fingerprint density at radius 3 is 1.75 bits per heavy atom. The summed E-state index contributed by atoms with van der Waals surface area (Å²) in [5.41, 5.74) is 1.49. The first-order valence-electron chi connectivity index (χ1n) is 22.3. The van der Waals surface area contributed by atoms with Crippen molar-refractivity contribution in [1.82, 2.24) is 25.3 Å². The molecule has 14 nitrogen and oxygen atoms in total. The predicted octanol–water partition coefficient (Wildman–Crippen LogP) is 6.42. The lowest BCUT2D eigenvalue weighted by molar-refractivity contribution is -0.149. The van der Waals surface area contributed by atoms with Gasteiger partial charge in [0.1, 0.15) is 18.2 Å². The van der Waals surface area contributed by atoms with E-state index in [1.807, 2.05) is 69.3 Å². The van der Waals surface area contributed by atoms with Gasteiger partial charge in [0.05, 0.1) is 13.0 Å². The van der Waals surface area contributed by atoms with Gasteiger partial charge >= 0.3 is 18.2 Å². The monoisotopic (exact) mass is 845 g/mol. The lowest BCUT2D eigenvalue weighted by Crippen LogP contribution is -2.53. The molecular formula is C47H67N5O9. The molecule has 5 rings (SSSR count). The molecule has 5 amide bonds. The van der Waals surface area contributed by atoms with Gasteiger partial charge in [-0.3, -0.25) is 19.2 Å². The van der Waals surface area contributed by atoms with Crippen molar-refractivity contribution in [2.45, 2.75) is 116 Å². The Labute approximate surface area is 361 Å². The molecular weight excluding hydrogens is 779 g/mol. The van der Waals surface area contributed by atoms with Crippen LogP contribution in [0.5, 0.6) is 0 Å². The molecule has 2 aromatic rings. The quantitative estimate of drug-likeness (QED) is 0.152. The summed E-state index contributed by atoms with van der Waals surface area (Å²) in [5.74, 6) is -1.13. The highest BCUT2D eigenvalue weighted by Crippen LogP contribution is 2.30. The predicted molar refractivity (Wildman–Crippen MR) is 230 cm³/mol. The number of hydrogen-bond donors (Lipinski definition) is 3. The number of nitrogens with one attached hydrogen (secondary N) is 2. The summed E-state index contributed by atoms with van der Waals surface area (Å²) in [4.78, 5) is 83.4. The summed E-state index contributed by atoms with van der Waals surface area (Å²) >= 11 is 0. The zero-order chi connectivity index (χ0) is 43.8. The van der Waals surface area contributed by atoms with E-state index in [1.165, 1.54) is 10.5 Å². The molecule has 3 N–H and O–H groups in total. The molecule has 0 aromatic heterocycles. The van der Waals surface area contributed by atoms with Crippen LogP contribution in [0.3, 0.4) is 0 Å². The molecule has 3 aliphatic rings. The molecule has 3 fully saturated rings. The number of piperidine rings is 3. The van der Waals surface area contributed by atoms with Crippen molar-refractivity contribution in [3.05, 3.63) is 71.8 Å². The average molecular weight is 846 g/mol. The van der Waals surface area contributed by atoms with Crippen LogP contribution in [0.25, 0.3) is 0 Å². The summed E-state index contributed by atoms with van der Waals surface area (Å²) < 4.78 is 11.1. The zero-order valence-electron chi connectivity index (χ0n) is 36.4. The van der Waals surface area contributed by atoms with Crippen molar-refractivity contribution in [2.75, 3.05) is 45.8 Å². The van der Waals surface area contributed by atoms with Crippen LogP contribution >= 0.6 is 0 Å². The number of nitrogens with zero attached hydrogens (tertiary/aromatic N) is 3. The van der Waals surface area contributed by atoms with Crippen LogP contribution in [0.4, 0.5) is 9.59 Å². The Bertz CT molecular complexity index is 1730. The standard InChI is InChI=1S/C47H67N5O9/c1-47(2,3)61-46(59)52-28-20-35(21-29-52)15-17-39(16-14-34-18-26-51(27-19-34)45(57)58)43(55)48-32-41(53)49-40(31-42(54)60-33-38-12-8-5-9-13-38)44(56)50-24-22-37(23-25-50)30-36-10-6-4-7-11-36/h4-13,34-35,37,39-40H,14-33H2,1-3H3,(H,48,55)(H,49,53)(H,57,58)/t39?,40-/m0/s1. The maximum absolute atomic E-state index is 14.0. The van der Waals surface area contributed by atoms with Gasteiger partial charge in [-0.2, -0.15) is 0 Å². The van der Waals surface area contributed by atoms with Gasteiger partial charge in [0, 0.05) is 45.2 Å². The van der Waals surface area contributed by atoms with Crippen molar-refractivity contribution in [3.63, 3.8) is 0 Å². The SMILES string of the molecule is CC(C)(C)OC(=O)N1CCC(CCC(CCC2CCN(C(=O)O)CC2)C(=O)NCC(=O)N[C@@H](CC(=O)OCc2ccccc2)C(=O)N2CCC(Cc3ccccc3)CC2)CC1. The average Bonchev–Trinajstić information content (AvgIpc) is 3.25. The van der Waals surface area contributed by atoms with Crippen LogP contribution in [-0.4, -0.2) is 113 Å². The minimum Gasteiger partial charge on any atom is -0.465 e. The molecule has 3 heterocycles. The molecule has 0 radical (unpaired) electrons. The smallest absolute Gasteiger partial charge is 0.410 e. The van der Waals surface area contributed by atoms with E-state index in [-0.39, 0.29) is 43.4 Å². The van der Waals surface area contributed by atoms with E-state index in [0.717, 1.165) is 63.4 Å². The first-order valence-corrected chi connectivity index (χ1v) is 22.3. The fourth-order valence-corrected chi connectivity index (χ4v) is 8.67. The van der Waals surface area contributed by atoms with Crippen LogP contribution in [0, 0.1) is 23.7 Å². The fraction of sp³-hybridized carbons (Fsp3) is 0.617. The van der Waals surface area contributed by atoms with Gasteiger partial charge in [-0.15, -0.1) is 0 Å². The van der Waals surface area contributed by atoms with Gasteiger partial charge in [0.2, 0.25) is 17.7 Å². The second kappa shape index (κ2) is 23.2. The number of hydrogen-bond acceptors (Lipinski definition) is 8. The zero-order valence-corrected chi connectivity index (χ0v) is 36.4. The number of ether oxygens (including phenoxy) is 2. The molecule has 0 bridgehead atoms. The minimum absolute atomic E-state index is 0.0401. The van der Waals surface area contributed by atoms with Crippen molar-refractivity contribution >= 4 is 35.9 Å². The Morgan fingerprint density at radius 1 is 0.705 bits per heavy atom. The van der Waals surface area contributed by atoms with Crippen LogP contribution in [-0.2, 0) is 41.7 Å². The number of carboxylic acid groups (broad SMARTS) is 1. The Kier molecular flexibility index (Phi) is 17.8. The maximum atomic E-state index is 14.0. The van der Waals surface area contributed by atoms with Gasteiger partial charge in [-0.25, -0.2) is 9.59 Å². The van der Waals surface area contributed by atoms with Gasteiger partial charge in [-0.05, 0) is 120 Å². The highest BCUT2D eigenvalue weighted by Gasteiger charge is 2.33. The highest BCUT2D eigenvalue weighted by molar-refractivity contribution is 5.92. The van der Waals surface area contributed by atoms with Crippen molar-refractivity contribution in [2.24, 2.45) is 23.7 Å². The summed E-state index contributed by atoms with van der Waals surface area (Å²) in [6, 6.07) is 18.3. The first-order chi connectivity index (χ1) is 29.2. The van der Waals surface area contributed by atoms with E-state index in [9.17, 15) is 33.9 Å². The topological polar surface area (TPSA) is 175 Å². The van der Waals surface area contributed by atoms with Gasteiger partial charge in [0.15, 0.2) is 0 Å². The summed E-state index contributed by atoms with van der Waals surface area (Å²) in [7, 11) is 0. The molecule has 61 heavy (non-hydrogen) atoms. The Morgan fingerprint density at radius 2 is 1.21 bits per heavy atom. The van der Waals surface area contributed by atoms with E-state index in [1.54, 1.807) is 9.80 Å². The molecule has 14 heteroatoms. The number of rotatable bonds is 17. The molecule has 334 valence electrons. The Hall–Kier alpha value is -5.14. The van der Waals surface area contributed by atoms with E-state index >= 15 is 0 Å². The highest BCUT2D eigenvalue weighted by atomic mass is 16.6. The number of esters is 1.